The number of rotatable bonds is 6. The quantitative estimate of drug-likeness (QED) is 0.205. The van der Waals surface area contributed by atoms with Crippen LogP contribution in [-0.4, -0.2) is 25.5 Å². The molecule has 0 aliphatic rings. The second-order valence-electron chi connectivity index (χ2n) is 7.67. The fourth-order valence-electron chi connectivity index (χ4n) is 3.39. The van der Waals surface area contributed by atoms with E-state index in [1.54, 1.807) is 12.1 Å². The fourth-order valence-corrected chi connectivity index (χ4v) is 3.68. The number of benzene rings is 2. The van der Waals surface area contributed by atoms with Crippen LogP contribution in [0.25, 0.3) is 0 Å². The Morgan fingerprint density at radius 1 is 1.03 bits per heavy atom. The first kappa shape index (κ1) is 23.7. The van der Waals surface area contributed by atoms with E-state index in [1.807, 2.05) is 30.7 Å². The lowest BCUT2D eigenvalue weighted by atomic mass is 10.1. The highest BCUT2D eigenvalue weighted by Crippen LogP contribution is 2.22. The van der Waals surface area contributed by atoms with E-state index in [-0.39, 0.29) is 11.8 Å². The molecule has 1 N–H and O–H groups in total. The maximum absolute atomic E-state index is 13.9. The minimum absolute atomic E-state index is 0.268. The highest BCUT2D eigenvalue weighted by atomic mass is 79.9. The Labute approximate surface area is 200 Å². The van der Waals surface area contributed by atoms with Gasteiger partial charge in [-0.3, -0.25) is 14.2 Å². The van der Waals surface area contributed by atoms with Gasteiger partial charge in [0.2, 0.25) is 0 Å². The molecule has 0 fully saturated rings. The summed E-state index contributed by atoms with van der Waals surface area (Å²) in [5.74, 6) is -6.63. The van der Waals surface area contributed by atoms with Gasteiger partial charge in [-0.2, -0.15) is 10.2 Å². The van der Waals surface area contributed by atoms with Crippen LogP contribution >= 0.6 is 15.9 Å². The van der Waals surface area contributed by atoms with Crippen LogP contribution in [0.5, 0.6) is 0 Å². The van der Waals surface area contributed by atoms with Crippen molar-refractivity contribution in [2.45, 2.75) is 26.9 Å². The Kier molecular flexibility index (Phi) is 6.56. The normalized spacial score (nSPS) is 11.1. The molecule has 2 aromatic heterocycles. The number of aryl methyl sites for hydroxylation is 1. The number of anilines is 1. The summed E-state index contributed by atoms with van der Waals surface area (Å²) in [5.41, 5.74) is 2.83. The van der Waals surface area contributed by atoms with Gasteiger partial charge < -0.3 is 5.32 Å². The van der Waals surface area contributed by atoms with Crippen LogP contribution in [0.3, 0.4) is 0 Å². The van der Waals surface area contributed by atoms with E-state index in [2.05, 4.69) is 31.4 Å². The average molecular weight is 536 g/mol. The van der Waals surface area contributed by atoms with Crippen LogP contribution in [0.1, 0.15) is 32.9 Å². The van der Waals surface area contributed by atoms with E-state index < -0.39 is 41.3 Å². The summed E-state index contributed by atoms with van der Waals surface area (Å²) < 4.78 is 58.2. The van der Waals surface area contributed by atoms with E-state index >= 15 is 0 Å². The van der Waals surface area contributed by atoms with Gasteiger partial charge in [0.05, 0.1) is 40.8 Å². The van der Waals surface area contributed by atoms with Crippen molar-refractivity contribution in [2.75, 3.05) is 5.32 Å². The first-order valence-electron chi connectivity index (χ1n) is 10.1. The third-order valence-electron chi connectivity index (χ3n) is 5.26. The third kappa shape index (κ3) is 4.74. The van der Waals surface area contributed by atoms with Gasteiger partial charge in [-0.1, -0.05) is 12.1 Å². The van der Waals surface area contributed by atoms with Crippen molar-refractivity contribution in [3.05, 3.63) is 98.5 Å². The van der Waals surface area contributed by atoms with Gasteiger partial charge in [-0.15, -0.1) is 0 Å². The summed E-state index contributed by atoms with van der Waals surface area (Å²) in [5, 5.41) is 11.0. The van der Waals surface area contributed by atoms with E-state index in [1.165, 1.54) is 12.4 Å². The van der Waals surface area contributed by atoms with Crippen molar-refractivity contribution in [1.82, 2.24) is 19.6 Å². The number of carbonyl (C=O) groups is 1. The summed E-state index contributed by atoms with van der Waals surface area (Å²) in [6, 6.07) is 7.25. The average Bonchev–Trinajstić information content (AvgIpc) is 3.35. The van der Waals surface area contributed by atoms with Crippen molar-refractivity contribution in [3.63, 3.8) is 0 Å². The van der Waals surface area contributed by atoms with Gasteiger partial charge in [0, 0.05) is 23.4 Å². The van der Waals surface area contributed by atoms with Gasteiger partial charge in [-0.25, -0.2) is 17.6 Å². The zero-order valence-corrected chi connectivity index (χ0v) is 19.6. The summed E-state index contributed by atoms with van der Waals surface area (Å²) >= 11 is 3.50. The lowest BCUT2D eigenvalue weighted by Crippen LogP contribution is -2.12. The number of carbonyl (C=O) groups excluding carboxylic acids is 1. The molecule has 0 atom stereocenters. The van der Waals surface area contributed by atoms with Gasteiger partial charge >= 0.3 is 0 Å². The van der Waals surface area contributed by atoms with Crippen molar-refractivity contribution in [1.29, 1.82) is 0 Å². The number of amides is 1. The highest BCUT2D eigenvalue weighted by Gasteiger charge is 2.20. The Morgan fingerprint density at radius 3 is 2.38 bits per heavy atom. The van der Waals surface area contributed by atoms with Crippen LogP contribution in [-0.2, 0) is 13.1 Å². The predicted molar refractivity (Wildman–Crippen MR) is 121 cm³/mol. The molecule has 0 aliphatic carbocycles. The van der Waals surface area contributed by atoms with Gasteiger partial charge in [0.1, 0.15) is 5.82 Å². The van der Waals surface area contributed by atoms with Crippen LogP contribution < -0.4 is 5.32 Å². The number of nitrogens with one attached hydrogen (secondary N) is 1. The molecular weight excluding hydrogens is 518 g/mol. The lowest BCUT2D eigenvalue weighted by molar-refractivity contribution is 0.102. The first-order valence-corrected chi connectivity index (χ1v) is 10.9. The third-order valence-corrected chi connectivity index (χ3v) is 6.41. The molecule has 176 valence electrons. The molecule has 6 nitrogen and oxygen atoms in total. The number of hydrogen-bond donors (Lipinski definition) is 1. The van der Waals surface area contributed by atoms with E-state index in [4.69, 9.17) is 0 Å². The number of hydrogen-bond acceptors (Lipinski definition) is 3. The van der Waals surface area contributed by atoms with Crippen molar-refractivity contribution in [2.24, 2.45) is 0 Å². The highest BCUT2D eigenvalue weighted by molar-refractivity contribution is 9.10. The Balaban J connectivity index is 1.42. The van der Waals surface area contributed by atoms with Gasteiger partial charge in [0.25, 0.3) is 5.91 Å². The summed E-state index contributed by atoms with van der Waals surface area (Å²) in [6.45, 7) is 3.93. The minimum atomic E-state index is -1.76. The largest absolute Gasteiger partial charge is 0.319 e. The van der Waals surface area contributed by atoms with Crippen LogP contribution in [0.4, 0.5) is 23.2 Å². The molecule has 0 aliphatic heterocycles. The van der Waals surface area contributed by atoms with E-state index in [0.29, 0.717) is 12.1 Å². The molecule has 11 heteroatoms. The second kappa shape index (κ2) is 9.41. The molecular formula is C23H18BrF4N5O. The SMILES string of the molecule is Cc1nn(Cc2ccc(C(=O)Nc3cnn(Cc4c(F)cc(F)c(F)c4F)c3)cc2)c(C)c1Br. The first-order chi connectivity index (χ1) is 16.1. The van der Waals surface area contributed by atoms with E-state index in [9.17, 15) is 22.4 Å². The number of nitrogens with zero attached hydrogens (tertiary/aromatic N) is 4. The maximum Gasteiger partial charge on any atom is 0.255 e. The van der Waals surface area contributed by atoms with Crippen molar-refractivity contribution >= 4 is 27.5 Å². The molecule has 34 heavy (non-hydrogen) atoms. The second-order valence-corrected chi connectivity index (χ2v) is 8.46. The molecule has 0 unspecified atom stereocenters. The van der Waals surface area contributed by atoms with Crippen molar-refractivity contribution < 1.29 is 22.4 Å². The monoisotopic (exact) mass is 535 g/mol. The predicted octanol–water partition coefficient (Wildman–Crippen LogP) is 5.36. The molecule has 4 rings (SSSR count). The van der Waals surface area contributed by atoms with Gasteiger partial charge in [-0.05, 0) is 47.5 Å². The smallest absolute Gasteiger partial charge is 0.255 e. The lowest BCUT2D eigenvalue weighted by Gasteiger charge is -2.07. The minimum Gasteiger partial charge on any atom is -0.319 e. The molecule has 0 radical (unpaired) electrons. The summed E-state index contributed by atoms with van der Waals surface area (Å²) in [6.07, 6.45) is 2.61. The summed E-state index contributed by atoms with van der Waals surface area (Å²) in [4.78, 5) is 12.6. The van der Waals surface area contributed by atoms with E-state index in [0.717, 1.165) is 26.1 Å². The summed E-state index contributed by atoms with van der Waals surface area (Å²) in [7, 11) is 0. The number of aromatic nitrogens is 4. The van der Waals surface area contributed by atoms with Crippen LogP contribution in [0, 0.1) is 37.1 Å². The zero-order chi connectivity index (χ0) is 24.6. The molecule has 0 saturated heterocycles. The standard InChI is InChI=1S/C23H18BrF4N5O/c1-12-20(24)13(2)33(31-12)9-14-3-5-15(6-4-14)23(34)30-16-8-29-32(10-16)11-17-18(25)7-19(26)22(28)21(17)27/h3-8,10H,9,11H2,1-2H3,(H,30,34). The molecule has 4 aromatic rings. The van der Waals surface area contributed by atoms with Gasteiger partial charge in [0.15, 0.2) is 17.5 Å². The molecule has 2 heterocycles. The Bertz CT molecular complexity index is 1380. The topological polar surface area (TPSA) is 64.7 Å². The van der Waals surface area contributed by atoms with Crippen LogP contribution in [0.2, 0.25) is 0 Å². The fraction of sp³-hybridized carbons (Fsp3) is 0.174. The van der Waals surface area contributed by atoms with Crippen LogP contribution in [0.15, 0.2) is 47.2 Å². The molecule has 1 amide bonds. The molecule has 0 spiro atoms. The number of halogens is 5. The Morgan fingerprint density at radius 2 is 1.74 bits per heavy atom. The molecule has 2 aromatic carbocycles. The molecule has 0 bridgehead atoms. The molecule has 0 saturated carbocycles. The Hall–Kier alpha value is -3.47. The zero-order valence-electron chi connectivity index (χ0n) is 18.0. The maximum atomic E-state index is 13.9. The van der Waals surface area contributed by atoms with Crippen molar-refractivity contribution in [3.8, 4) is 0 Å².